The summed E-state index contributed by atoms with van der Waals surface area (Å²) in [5, 5.41) is 3.82. The molecule has 1 fully saturated rings. The molecule has 0 atom stereocenters. The van der Waals surface area contributed by atoms with Crippen molar-refractivity contribution in [3.63, 3.8) is 0 Å². The molecule has 2 aromatic carbocycles. The van der Waals surface area contributed by atoms with Crippen molar-refractivity contribution in [3.05, 3.63) is 65.9 Å². The summed E-state index contributed by atoms with van der Waals surface area (Å²) < 4.78 is 28.8. The van der Waals surface area contributed by atoms with Crippen LogP contribution in [-0.2, 0) is 16.9 Å². The van der Waals surface area contributed by atoms with Crippen molar-refractivity contribution < 1.29 is 13.6 Å². The Kier molecular flexibility index (Phi) is 3.49. The zero-order chi connectivity index (χ0) is 17.6. The van der Waals surface area contributed by atoms with Gasteiger partial charge in [0.1, 0.15) is 18.2 Å². The molecule has 3 aromatic rings. The van der Waals surface area contributed by atoms with Crippen molar-refractivity contribution in [2.75, 3.05) is 5.73 Å². The van der Waals surface area contributed by atoms with Crippen LogP contribution in [0.2, 0.25) is 0 Å². The number of anilines is 1. The Bertz CT molecular complexity index is 956. The molecule has 1 amide bonds. The number of nitrogens with zero attached hydrogens (tertiary/aromatic N) is 1. The second-order valence-corrected chi connectivity index (χ2v) is 6.51. The van der Waals surface area contributed by atoms with E-state index in [1.165, 1.54) is 12.1 Å². The van der Waals surface area contributed by atoms with Gasteiger partial charge in [0.25, 0.3) is 0 Å². The van der Waals surface area contributed by atoms with Crippen LogP contribution in [0.25, 0.3) is 10.9 Å². The van der Waals surface area contributed by atoms with Gasteiger partial charge in [0.05, 0.1) is 11.1 Å². The molecular formula is C19H17F2N3O. The molecule has 1 heterocycles. The standard InChI is InChI=1S/C19H17F2N3O/c20-13-8-12(9-14(21)10-13)19(5-6-19)23-18(25)11-24-7-4-15-16(22)2-1-3-17(15)24/h1-4,7-10H,5-6,11,22H2,(H,23,25). The highest BCUT2D eigenvalue weighted by Gasteiger charge is 2.46. The third kappa shape index (κ3) is 2.84. The number of carbonyl (C=O) groups is 1. The number of hydrogen-bond donors (Lipinski definition) is 2. The molecule has 6 heteroatoms. The number of hydrogen-bond acceptors (Lipinski definition) is 2. The van der Waals surface area contributed by atoms with Crippen LogP contribution in [0.5, 0.6) is 0 Å². The number of rotatable bonds is 4. The predicted octanol–water partition coefficient (Wildman–Crippen LogP) is 3.31. The second-order valence-electron chi connectivity index (χ2n) is 6.51. The Hall–Kier alpha value is -2.89. The zero-order valence-corrected chi connectivity index (χ0v) is 13.4. The molecule has 0 bridgehead atoms. The van der Waals surface area contributed by atoms with Gasteiger partial charge in [-0.3, -0.25) is 4.79 Å². The number of carbonyl (C=O) groups excluding carboxylic acids is 1. The average molecular weight is 341 g/mol. The number of benzene rings is 2. The molecule has 3 N–H and O–H groups in total. The van der Waals surface area contributed by atoms with Crippen molar-refractivity contribution in [2.24, 2.45) is 0 Å². The number of halogens is 2. The lowest BCUT2D eigenvalue weighted by Crippen LogP contribution is -2.37. The summed E-state index contributed by atoms with van der Waals surface area (Å²) in [7, 11) is 0. The lowest BCUT2D eigenvalue weighted by Gasteiger charge is -2.19. The predicted molar refractivity (Wildman–Crippen MR) is 91.8 cm³/mol. The minimum atomic E-state index is -0.665. The molecule has 0 radical (unpaired) electrons. The quantitative estimate of drug-likeness (QED) is 0.715. The van der Waals surface area contributed by atoms with Gasteiger partial charge in [-0.1, -0.05) is 6.07 Å². The Balaban J connectivity index is 1.55. The van der Waals surface area contributed by atoms with E-state index in [2.05, 4.69) is 5.32 Å². The third-order valence-electron chi connectivity index (χ3n) is 4.71. The fraction of sp³-hybridized carbons (Fsp3) is 0.211. The zero-order valence-electron chi connectivity index (χ0n) is 13.4. The lowest BCUT2D eigenvalue weighted by atomic mass is 10.0. The van der Waals surface area contributed by atoms with E-state index in [9.17, 15) is 13.6 Å². The van der Waals surface area contributed by atoms with Gasteiger partial charge in [0.15, 0.2) is 0 Å². The summed E-state index contributed by atoms with van der Waals surface area (Å²) in [6.07, 6.45) is 3.14. The molecule has 0 saturated heterocycles. The molecule has 0 unspecified atom stereocenters. The van der Waals surface area contributed by atoms with E-state index in [1.807, 2.05) is 35.0 Å². The van der Waals surface area contributed by atoms with E-state index >= 15 is 0 Å². The summed E-state index contributed by atoms with van der Waals surface area (Å²) in [5.74, 6) is -1.48. The molecule has 0 spiro atoms. The highest BCUT2D eigenvalue weighted by atomic mass is 19.1. The first-order valence-electron chi connectivity index (χ1n) is 8.08. The van der Waals surface area contributed by atoms with Crippen molar-refractivity contribution in [1.82, 2.24) is 9.88 Å². The van der Waals surface area contributed by atoms with Gasteiger partial charge < -0.3 is 15.6 Å². The summed E-state index contributed by atoms with van der Waals surface area (Å²) in [5.41, 5.74) is 7.27. The van der Waals surface area contributed by atoms with Crippen LogP contribution >= 0.6 is 0 Å². The first-order chi connectivity index (χ1) is 12.0. The molecule has 25 heavy (non-hydrogen) atoms. The fourth-order valence-electron chi connectivity index (χ4n) is 3.29. The van der Waals surface area contributed by atoms with Crippen molar-refractivity contribution in [1.29, 1.82) is 0 Å². The topological polar surface area (TPSA) is 60.0 Å². The van der Waals surface area contributed by atoms with Crippen LogP contribution in [0.15, 0.2) is 48.7 Å². The van der Waals surface area contributed by atoms with E-state index in [1.54, 1.807) is 0 Å². The summed E-state index contributed by atoms with van der Waals surface area (Å²) in [6.45, 7) is 0.118. The highest BCUT2D eigenvalue weighted by Crippen LogP contribution is 2.45. The number of nitrogens with two attached hydrogens (primary N) is 1. The largest absolute Gasteiger partial charge is 0.398 e. The number of amides is 1. The van der Waals surface area contributed by atoms with Gasteiger partial charge in [-0.15, -0.1) is 0 Å². The Morgan fingerprint density at radius 1 is 1.16 bits per heavy atom. The van der Waals surface area contributed by atoms with E-state index in [4.69, 9.17) is 5.73 Å². The van der Waals surface area contributed by atoms with Gasteiger partial charge in [-0.05, 0) is 48.7 Å². The van der Waals surface area contributed by atoms with Crippen molar-refractivity contribution in [3.8, 4) is 0 Å². The SMILES string of the molecule is Nc1cccc2c1ccn2CC(=O)NC1(c2cc(F)cc(F)c2)CC1. The third-order valence-corrected chi connectivity index (χ3v) is 4.71. The number of nitrogens with one attached hydrogen (secondary N) is 1. The first kappa shape index (κ1) is 15.6. The van der Waals surface area contributed by atoms with Gasteiger partial charge in [0, 0.05) is 23.3 Å². The van der Waals surface area contributed by atoms with Gasteiger partial charge in [-0.25, -0.2) is 8.78 Å². The molecule has 4 rings (SSSR count). The Labute approximate surface area is 143 Å². The Morgan fingerprint density at radius 3 is 2.56 bits per heavy atom. The fourth-order valence-corrected chi connectivity index (χ4v) is 3.29. The molecule has 4 nitrogen and oxygen atoms in total. The van der Waals surface area contributed by atoms with E-state index in [-0.39, 0.29) is 12.5 Å². The van der Waals surface area contributed by atoms with Crippen LogP contribution in [0.4, 0.5) is 14.5 Å². The molecule has 128 valence electrons. The molecule has 1 aliphatic carbocycles. The lowest BCUT2D eigenvalue weighted by molar-refractivity contribution is -0.122. The van der Waals surface area contributed by atoms with Crippen LogP contribution < -0.4 is 11.1 Å². The normalized spacial score (nSPS) is 15.3. The van der Waals surface area contributed by atoms with Crippen LogP contribution in [0.3, 0.4) is 0 Å². The molecular weight excluding hydrogens is 324 g/mol. The average Bonchev–Trinajstić information content (AvgIpc) is 3.21. The molecule has 1 aliphatic rings. The van der Waals surface area contributed by atoms with Gasteiger partial charge >= 0.3 is 0 Å². The van der Waals surface area contributed by atoms with Gasteiger partial charge in [-0.2, -0.15) is 0 Å². The van der Waals surface area contributed by atoms with E-state index < -0.39 is 17.2 Å². The summed E-state index contributed by atoms with van der Waals surface area (Å²) in [6, 6.07) is 10.8. The minimum Gasteiger partial charge on any atom is -0.398 e. The monoisotopic (exact) mass is 341 g/mol. The van der Waals surface area contributed by atoms with Crippen LogP contribution in [0.1, 0.15) is 18.4 Å². The van der Waals surface area contributed by atoms with Gasteiger partial charge in [0.2, 0.25) is 5.91 Å². The number of aromatic nitrogens is 1. The molecule has 1 saturated carbocycles. The number of nitrogen functional groups attached to an aromatic ring is 1. The van der Waals surface area contributed by atoms with Crippen molar-refractivity contribution in [2.45, 2.75) is 24.9 Å². The maximum absolute atomic E-state index is 13.5. The van der Waals surface area contributed by atoms with E-state index in [0.29, 0.717) is 24.1 Å². The smallest absolute Gasteiger partial charge is 0.240 e. The highest BCUT2D eigenvalue weighted by molar-refractivity contribution is 5.92. The number of fused-ring (bicyclic) bond motifs is 1. The summed E-state index contributed by atoms with van der Waals surface area (Å²) >= 11 is 0. The molecule has 0 aliphatic heterocycles. The van der Waals surface area contributed by atoms with Crippen LogP contribution in [0, 0.1) is 11.6 Å². The van der Waals surface area contributed by atoms with E-state index in [0.717, 1.165) is 17.0 Å². The molecule has 1 aromatic heterocycles. The summed E-state index contributed by atoms with van der Waals surface area (Å²) in [4.78, 5) is 12.5. The second kappa shape index (κ2) is 5.58. The van der Waals surface area contributed by atoms with Crippen LogP contribution in [-0.4, -0.2) is 10.5 Å². The Morgan fingerprint density at radius 2 is 1.88 bits per heavy atom. The maximum atomic E-state index is 13.5. The minimum absolute atomic E-state index is 0.118. The maximum Gasteiger partial charge on any atom is 0.240 e. The first-order valence-corrected chi connectivity index (χ1v) is 8.08. The van der Waals surface area contributed by atoms with Crippen molar-refractivity contribution >= 4 is 22.5 Å².